The van der Waals surface area contributed by atoms with Crippen LogP contribution in [0, 0.1) is 0 Å². The van der Waals surface area contributed by atoms with Crippen molar-refractivity contribution in [3.63, 3.8) is 0 Å². The Morgan fingerprint density at radius 3 is 2.94 bits per heavy atom. The average Bonchev–Trinajstić information content (AvgIpc) is 2.93. The van der Waals surface area contributed by atoms with Crippen LogP contribution in [0.15, 0.2) is 38.6 Å². The standard InChI is InChI=1S/C14H13Br2NS/c15-10-2-3-11-9(7-10)1-4-13(11)17-8-14-12(16)5-6-18-14/h2-3,5-7,13,17H,1,4,8H2. The molecule has 0 radical (unpaired) electrons. The summed E-state index contributed by atoms with van der Waals surface area (Å²) in [5.41, 5.74) is 2.94. The summed E-state index contributed by atoms with van der Waals surface area (Å²) in [6, 6.07) is 9.24. The predicted octanol–water partition coefficient (Wildman–Crippen LogP) is 5.05. The SMILES string of the molecule is Brc1ccc2c(c1)CCC2NCc1sccc1Br. The van der Waals surface area contributed by atoms with Crippen molar-refractivity contribution < 1.29 is 0 Å². The van der Waals surface area contributed by atoms with E-state index in [0.29, 0.717) is 6.04 Å². The Labute approximate surface area is 128 Å². The first-order valence-corrected chi connectivity index (χ1v) is 8.44. The van der Waals surface area contributed by atoms with Gasteiger partial charge >= 0.3 is 0 Å². The van der Waals surface area contributed by atoms with E-state index in [1.165, 1.54) is 37.8 Å². The van der Waals surface area contributed by atoms with Gasteiger partial charge in [0.05, 0.1) is 0 Å². The summed E-state index contributed by atoms with van der Waals surface area (Å²) in [5, 5.41) is 5.79. The topological polar surface area (TPSA) is 12.0 Å². The highest BCUT2D eigenvalue weighted by Gasteiger charge is 2.22. The molecule has 3 rings (SSSR count). The molecule has 0 fully saturated rings. The summed E-state index contributed by atoms with van der Waals surface area (Å²) >= 11 is 8.92. The molecule has 0 aliphatic heterocycles. The Hall–Kier alpha value is -0.160. The highest BCUT2D eigenvalue weighted by molar-refractivity contribution is 9.10. The molecule has 1 aliphatic carbocycles. The van der Waals surface area contributed by atoms with Gasteiger partial charge in [0.25, 0.3) is 0 Å². The Morgan fingerprint density at radius 2 is 2.17 bits per heavy atom. The molecule has 0 amide bonds. The second-order valence-electron chi connectivity index (χ2n) is 4.51. The first-order chi connectivity index (χ1) is 8.74. The van der Waals surface area contributed by atoms with Gasteiger partial charge in [-0.05, 0) is 63.5 Å². The van der Waals surface area contributed by atoms with Gasteiger partial charge in [0.1, 0.15) is 0 Å². The predicted molar refractivity (Wildman–Crippen MR) is 84.1 cm³/mol. The van der Waals surface area contributed by atoms with Crippen molar-refractivity contribution in [2.45, 2.75) is 25.4 Å². The zero-order valence-corrected chi connectivity index (χ0v) is 13.7. The molecule has 1 aromatic carbocycles. The van der Waals surface area contributed by atoms with Gasteiger partial charge in [-0.1, -0.05) is 22.0 Å². The molecular formula is C14H13Br2NS. The van der Waals surface area contributed by atoms with Gasteiger partial charge in [-0.25, -0.2) is 0 Å². The van der Waals surface area contributed by atoms with Crippen molar-refractivity contribution in [3.8, 4) is 0 Å². The Bertz CT molecular complexity index is 565. The highest BCUT2D eigenvalue weighted by atomic mass is 79.9. The molecule has 18 heavy (non-hydrogen) atoms. The minimum atomic E-state index is 0.502. The number of benzene rings is 1. The van der Waals surface area contributed by atoms with Gasteiger partial charge in [-0.15, -0.1) is 11.3 Å². The van der Waals surface area contributed by atoms with Crippen LogP contribution in [0.4, 0.5) is 0 Å². The lowest BCUT2D eigenvalue weighted by atomic mass is 10.1. The largest absolute Gasteiger partial charge is 0.305 e. The molecule has 0 saturated carbocycles. The number of fused-ring (bicyclic) bond motifs is 1. The number of hydrogen-bond acceptors (Lipinski definition) is 2. The van der Waals surface area contributed by atoms with Crippen LogP contribution in [-0.4, -0.2) is 0 Å². The molecule has 1 N–H and O–H groups in total. The van der Waals surface area contributed by atoms with E-state index in [4.69, 9.17) is 0 Å². The number of hydrogen-bond donors (Lipinski definition) is 1. The number of rotatable bonds is 3. The van der Waals surface area contributed by atoms with E-state index in [2.05, 4.69) is 66.8 Å². The Morgan fingerprint density at radius 1 is 1.28 bits per heavy atom. The number of aryl methyl sites for hydroxylation is 1. The Kier molecular flexibility index (Phi) is 3.89. The van der Waals surface area contributed by atoms with E-state index < -0.39 is 0 Å². The van der Waals surface area contributed by atoms with Gasteiger partial charge in [0.15, 0.2) is 0 Å². The third-order valence-electron chi connectivity index (χ3n) is 3.38. The van der Waals surface area contributed by atoms with Crippen molar-refractivity contribution in [2.75, 3.05) is 0 Å². The van der Waals surface area contributed by atoms with Crippen molar-refractivity contribution >= 4 is 43.2 Å². The van der Waals surface area contributed by atoms with E-state index in [-0.39, 0.29) is 0 Å². The molecule has 1 nitrogen and oxygen atoms in total. The fourth-order valence-corrected chi connectivity index (χ4v) is 4.32. The van der Waals surface area contributed by atoms with E-state index >= 15 is 0 Å². The molecule has 4 heteroatoms. The number of nitrogens with one attached hydrogen (secondary N) is 1. The van der Waals surface area contributed by atoms with Crippen molar-refractivity contribution in [1.82, 2.24) is 5.32 Å². The smallest absolute Gasteiger partial charge is 0.0329 e. The van der Waals surface area contributed by atoms with Crippen molar-refractivity contribution in [3.05, 3.63) is 54.6 Å². The second kappa shape index (κ2) is 5.45. The maximum absolute atomic E-state index is 3.67. The van der Waals surface area contributed by atoms with E-state index in [1.807, 2.05) is 0 Å². The summed E-state index contributed by atoms with van der Waals surface area (Å²) in [7, 11) is 0. The summed E-state index contributed by atoms with van der Waals surface area (Å²) in [6.45, 7) is 0.943. The van der Waals surface area contributed by atoms with E-state index in [0.717, 1.165) is 6.54 Å². The monoisotopic (exact) mass is 385 g/mol. The van der Waals surface area contributed by atoms with Crippen LogP contribution in [-0.2, 0) is 13.0 Å². The van der Waals surface area contributed by atoms with E-state index in [1.54, 1.807) is 11.3 Å². The molecule has 0 bridgehead atoms. The summed E-state index contributed by atoms with van der Waals surface area (Å²) in [4.78, 5) is 1.38. The third kappa shape index (κ3) is 2.57. The molecule has 1 aliphatic rings. The number of halogens is 2. The quantitative estimate of drug-likeness (QED) is 0.778. The number of thiophene rings is 1. The molecule has 1 aromatic heterocycles. The zero-order valence-electron chi connectivity index (χ0n) is 9.75. The van der Waals surface area contributed by atoms with Crippen LogP contribution in [0.25, 0.3) is 0 Å². The fraction of sp³-hybridized carbons (Fsp3) is 0.286. The van der Waals surface area contributed by atoms with Crippen molar-refractivity contribution in [2.24, 2.45) is 0 Å². The molecule has 1 atom stereocenters. The van der Waals surface area contributed by atoms with Gasteiger partial charge in [-0.3, -0.25) is 0 Å². The maximum atomic E-state index is 3.67. The fourth-order valence-electron chi connectivity index (χ4n) is 2.47. The Balaban J connectivity index is 1.71. The lowest BCUT2D eigenvalue weighted by molar-refractivity contribution is 0.533. The van der Waals surface area contributed by atoms with Gasteiger partial charge in [0, 0.05) is 26.4 Å². The van der Waals surface area contributed by atoms with E-state index in [9.17, 15) is 0 Å². The minimum Gasteiger partial charge on any atom is -0.305 e. The van der Waals surface area contributed by atoms with Crippen LogP contribution in [0.1, 0.15) is 28.5 Å². The molecule has 0 spiro atoms. The molecule has 2 aromatic rings. The minimum absolute atomic E-state index is 0.502. The van der Waals surface area contributed by atoms with Crippen LogP contribution < -0.4 is 5.32 Å². The average molecular weight is 387 g/mol. The van der Waals surface area contributed by atoms with Crippen LogP contribution in [0.5, 0.6) is 0 Å². The molecule has 94 valence electrons. The van der Waals surface area contributed by atoms with Gasteiger partial charge < -0.3 is 5.32 Å². The summed E-state index contributed by atoms with van der Waals surface area (Å²) < 4.78 is 2.40. The van der Waals surface area contributed by atoms with Crippen LogP contribution in [0.3, 0.4) is 0 Å². The normalized spacial score (nSPS) is 18.0. The van der Waals surface area contributed by atoms with Crippen LogP contribution in [0.2, 0.25) is 0 Å². The maximum Gasteiger partial charge on any atom is 0.0329 e. The molecular weight excluding hydrogens is 374 g/mol. The lowest BCUT2D eigenvalue weighted by Crippen LogP contribution is -2.18. The third-order valence-corrected chi connectivity index (χ3v) is 5.80. The summed E-state index contributed by atoms with van der Waals surface area (Å²) in [5.74, 6) is 0. The van der Waals surface area contributed by atoms with Gasteiger partial charge in [-0.2, -0.15) is 0 Å². The van der Waals surface area contributed by atoms with Crippen LogP contribution >= 0.6 is 43.2 Å². The highest BCUT2D eigenvalue weighted by Crippen LogP contribution is 2.33. The second-order valence-corrected chi connectivity index (χ2v) is 7.28. The molecule has 0 saturated heterocycles. The van der Waals surface area contributed by atoms with Crippen molar-refractivity contribution in [1.29, 1.82) is 0 Å². The first-order valence-electron chi connectivity index (χ1n) is 5.97. The molecule has 1 unspecified atom stereocenters. The summed E-state index contributed by atoms with van der Waals surface area (Å²) in [6.07, 6.45) is 2.38. The van der Waals surface area contributed by atoms with Gasteiger partial charge in [0.2, 0.25) is 0 Å². The lowest BCUT2D eigenvalue weighted by Gasteiger charge is -2.13. The molecule has 1 heterocycles. The zero-order chi connectivity index (χ0) is 12.5. The first kappa shape index (κ1) is 12.9.